The number of rotatable bonds is 11. The molecule has 2 aliphatic rings. The van der Waals surface area contributed by atoms with Crippen LogP contribution in [0.25, 0.3) is 10.9 Å². The Morgan fingerprint density at radius 2 is 1.77 bits per heavy atom. The highest BCUT2D eigenvalue weighted by Crippen LogP contribution is 2.35. The van der Waals surface area contributed by atoms with Crippen molar-refractivity contribution in [2.75, 3.05) is 52.7 Å². The van der Waals surface area contributed by atoms with Gasteiger partial charge in [-0.1, -0.05) is 6.42 Å². The molecule has 0 radical (unpaired) electrons. The maximum atomic E-state index is 13.0. The number of amides is 2. The van der Waals surface area contributed by atoms with Crippen molar-refractivity contribution in [3.8, 4) is 11.5 Å². The number of morpholine rings is 1. The minimum Gasteiger partial charge on any atom is -0.454 e. The van der Waals surface area contributed by atoms with Gasteiger partial charge >= 0.3 is 0 Å². The van der Waals surface area contributed by atoms with E-state index in [0.29, 0.717) is 48.5 Å². The largest absolute Gasteiger partial charge is 0.454 e. The number of aryl methyl sites for hydroxylation is 1. The van der Waals surface area contributed by atoms with E-state index < -0.39 is 5.91 Å². The third-order valence-electron chi connectivity index (χ3n) is 6.38. The Kier molecular flexibility index (Phi) is 8.59. The lowest BCUT2D eigenvalue weighted by molar-refractivity contribution is -0.121. The fraction of sp³-hybridized carbons (Fsp3) is 0.560. The van der Waals surface area contributed by atoms with E-state index in [1.807, 2.05) is 11.5 Å². The minimum atomic E-state index is -0.391. The first-order valence-electron chi connectivity index (χ1n) is 12.4. The molecule has 1 fully saturated rings. The van der Waals surface area contributed by atoms with Crippen molar-refractivity contribution >= 4 is 22.7 Å². The Balaban J connectivity index is 1.20. The number of benzene rings is 1. The van der Waals surface area contributed by atoms with Crippen LogP contribution in [-0.2, 0) is 16.1 Å². The second-order valence-electron chi connectivity index (χ2n) is 8.75. The summed E-state index contributed by atoms with van der Waals surface area (Å²) < 4.78 is 18.0. The molecule has 0 saturated carbocycles. The predicted molar refractivity (Wildman–Crippen MR) is 131 cm³/mol. The summed E-state index contributed by atoms with van der Waals surface area (Å²) in [5.74, 6) is 0.777. The fourth-order valence-corrected chi connectivity index (χ4v) is 4.35. The number of carbonyl (C=O) groups is 2. The molecule has 4 rings (SSSR count). The van der Waals surface area contributed by atoms with Crippen LogP contribution in [0.15, 0.2) is 23.1 Å². The second-order valence-corrected chi connectivity index (χ2v) is 8.75. The van der Waals surface area contributed by atoms with Crippen LogP contribution >= 0.6 is 0 Å². The van der Waals surface area contributed by atoms with Crippen LogP contribution < -0.4 is 25.5 Å². The lowest BCUT2D eigenvalue weighted by Crippen LogP contribution is -2.41. The topological polar surface area (TPSA) is 111 Å². The number of hydrogen-bond acceptors (Lipinski definition) is 7. The summed E-state index contributed by atoms with van der Waals surface area (Å²) in [6.45, 7) is 7.96. The van der Waals surface area contributed by atoms with Gasteiger partial charge in [0.15, 0.2) is 11.5 Å². The zero-order valence-corrected chi connectivity index (χ0v) is 20.3. The molecule has 0 spiro atoms. The Bertz CT molecular complexity index is 1110. The highest BCUT2D eigenvalue weighted by molar-refractivity contribution is 5.97. The summed E-state index contributed by atoms with van der Waals surface area (Å²) in [6, 6.07) is 3.43. The van der Waals surface area contributed by atoms with Crippen LogP contribution in [0.3, 0.4) is 0 Å². The van der Waals surface area contributed by atoms with E-state index >= 15 is 0 Å². The van der Waals surface area contributed by atoms with Crippen LogP contribution in [0, 0.1) is 0 Å². The summed E-state index contributed by atoms with van der Waals surface area (Å²) in [4.78, 5) is 40.0. The molecule has 35 heavy (non-hydrogen) atoms. The maximum absolute atomic E-state index is 13.0. The molecule has 1 saturated heterocycles. The second kappa shape index (κ2) is 12.0. The van der Waals surface area contributed by atoms with Gasteiger partial charge in [-0.25, -0.2) is 0 Å². The van der Waals surface area contributed by atoms with Gasteiger partial charge < -0.3 is 29.4 Å². The van der Waals surface area contributed by atoms with Gasteiger partial charge in [0.25, 0.3) is 5.91 Å². The quantitative estimate of drug-likeness (QED) is 0.463. The van der Waals surface area contributed by atoms with Crippen molar-refractivity contribution in [3.63, 3.8) is 0 Å². The molecular formula is C25H34N4O6. The van der Waals surface area contributed by atoms with E-state index in [4.69, 9.17) is 14.2 Å². The van der Waals surface area contributed by atoms with Crippen molar-refractivity contribution in [2.24, 2.45) is 0 Å². The van der Waals surface area contributed by atoms with E-state index in [1.54, 1.807) is 18.3 Å². The molecule has 0 atom stereocenters. The summed E-state index contributed by atoms with van der Waals surface area (Å²) in [7, 11) is 0. The van der Waals surface area contributed by atoms with E-state index in [1.165, 1.54) is 0 Å². The van der Waals surface area contributed by atoms with Gasteiger partial charge in [0.2, 0.25) is 18.1 Å². The summed E-state index contributed by atoms with van der Waals surface area (Å²) in [5.41, 5.74) is 0.494. The number of unbranched alkanes of at least 4 members (excludes halogenated alkanes) is 2. The van der Waals surface area contributed by atoms with Crippen molar-refractivity contribution in [3.05, 3.63) is 34.1 Å². The molecule has 10 heteroatoms. The fourth-order valence-electron chi connectivity index (χ4n) is 4.35. The number of nitrogens with zero attached hydrogens (tertiary/aromatic N) is 2. The molecule has 190 valence electrons. The van der Waals surface area contributed by atoms with Crippen molar-refractivity contribution < 1.29 is 23.8 Å². The third kappa shape index (κ3) is 6.32. The molecule has 3 heterocycles. The predicted octanol–water partition coefficient (Wildman–Crippen LogP) is 1.49. The van der Waals surface area contributed by atoms with Gasteiger partial charge in [-0.05, 0) is 25.8 Å². The monoisotopic (exact) mass is 486 g/mol. The minimum absolute atomic E-state index is 0.0550. The smallest absolute Gasteiger partial charge is 0.256 e. The molecule has 0 unspecified atom stereocenters. The molecule has 10 nitrogen and oxygen atoms in total. The van der Waals surface area contributed by atoms with Crippen LogP contribution in [0.5, 0.6) is 11.5 Å². The van der Waals surface area contributed by atoms with Crippen molar-refractivity contribution in [1.29, 1.82) is 0 Å². The van der Waals surface area contributed by atoms with Gasteiger partial charge in [0.05, 0.1) is 24.1 Å². The number of aromatic nitrogens is 1. The first kappa shape index (κ1) is 25.0. The first-order valence-corrected chi connectivity index (χ1v) is 12.4. The normalized spacial score (nSPS) is 15.3. The number of fused-ring (bicyclic) bond motifs is 2. The van der Waals surface area contributed by atoms with Crippen LogP contribution in [0.1, 0.15) is 43.0 Å². The SMILES string of the molecule is CCn1cc(C(=O)NCCCCCC(=O)NCCN2CCOCC2)c(=O)c2cc3c(cc21)OCO3. The number of nitrogens with one attached hydrogen (secondary N) is 2. The molecule has 1 aromatic heterocycles. The molecule has 2 amide bonds. The molecule has 2 N–H and O–H groups in total. The highest BCUT2D eigenvalue weighted by Gasteiger charge is 2.20. The highest BCUT2D eigenvalue weighted by atomic mass is 16.7. The van der Waals surface area contributed by atoms with Crippen molar-refractivity contribution in [1.82, 2.24) is 20.1 Å². The maximum Gasteiger partial charge on any atom is 0.256 e. The number of ether oxygens (including phenoxy) is 3. The Morgan fingerprint density at radius 3 is 2.54 bits per heavy atom. The third-order valence-corrected chi connectivity index (χ3v) is 6.38. The lowest BCUT2D eigenvalue weighted by Gasteiger charge is -2.26. The number of carbonyl (C=O) groups excluding carboxylic acids is 2. The summed E-state index contributed by atoms with van der Waals surface area (Å²) in [5, 5.41) is 6.24. The van der Waals surface area contributed by atoms with Crippen LogP contribution in [-0.4, -0.2) is 74.0 Å². The number of hydrogen-bond donors (Lipinski definition) is 2. The molecule has 0 bridgehead atoms. The molecule has 1 aromatic carbocycles. The number of pyridine rings is 1. The van der Waals surface area contributed by atoms with E-state index in [-0.39, 0.29) is 23.7 Å². The Morgan fingerprint density at radius 1 is 1.00 bits per heavy atom. The zero-order valence-electron chi connectivity index (χ0n) is 20.3. The molecular weight excluding hydrogens is 452 g/mol. The van der Waals surface area contributed by atoms with Crippen LogP contribution in [0.2, 0.25) is 0 Å². The van der Waals surface area contributed by atoms with Crippen molar-refractivity contribution in [2.45, 2.75) is 39.2 Å². The Hall–Kier alpha value is -3.11. The van der Waals surface area contributed by atoms with Gasteiger partial charge in [-0.15, -0.1) is 0 Å². The average molecular weight is 487 g/mol. The first-order chi connectivity index (χ1) is 17.1. The molecule has 2 aromatic rings. The van der Waals surface area contributed by atoms with Gasteiger partial charge in [-0.2, -0.15) is 0 Å². The van der Waals surface area contributed by atoms with Crippen LogP contribution in [0.4, 0.5) is 0 Å². The van der Waals surface area contributed by atoms with Gasteiger partial charge in [0, 0.05) is 58.0 Å². The van der Waals surface area contributed by atoms with E-state index in [2.05, 4.69) is 15.5 Å². The molecule has 0 aliphatic carbocycles. The van der Waals surface area contributed by atoms with Gasteiger partial charge in [-0.3, -0.25) is 19.3 Å². The lowest BCUT2D eigenvalue weighted by atomic mass is 10.1. The molecule has 2 aliphatic heterocycles. The standard InChI is InChI=1S/C25H34N4O6/c1-2-29-16-19(24(31)18-14-21-22(15-20(18)29)35-17-34-21)25(32)27-7-5-3-4-6-23(30)26-8-9-28-10-12-33-13-11-28/h14-16H,2-13,17H2,1H3,(H,26,30)(H,27,32). The summed E-state index contributed by atoms with van der Waals surface area (Å²) >= 11 is 0. The Labute approximate surface area is 204 Å². The van der Waals surface area contributed by atoms with Gasteiger partial charge in [0.1, 0.15) is 5.56 Å². The average Bonchev–Trinajstić information content (AvgIpc) is 3.33. The van der Waals surface area contributed by atoms with E-state index in [9.17, 15) is 14.4 Å². The summed E-state index contributed by atoms with van der Waals surface area (Å²) in [6.07, 6.45) is 4.38. The van der Waals surface area contributed by atoms with E-state index in [0.717, 1.165) is 52.1 Å². The zero-order chi connectivity index (χ0) is 24.6.